The number of methoxy groups -OCH3 is 1. The van der Waals surface area contributed by atoms with E-state index in [1.54, 1.807) is 7.11 Å². The third kappa shape index (κ3) is 5.10. The van der Waals surface area contributed by atoms with Gasteiger partial charge in [0.2, 0.25) is 0 Å². The molecule has 3 rings (SSSR count). The van der Waals surface area contributed by atoms with Gasteiger partial charge in [-0.15, -0.1) is 12.4 Å². The Balaban J connectivity index is 0.00000243. The molecule has 1 aliphatic rings. The lowest BCUT2D eigenvalue weighted by molar-refractivity contribution is 0.0930. The van der Waals surface area contributed by atoms with Crippen molar-refractivity contribution < 1.29 is 13.9 Å². The Hall–Kier alpha value is -1.82. The highest BCUT2D eigenvalue weighted by molar-refractivity contribution is 5.85. The van der Waals surface area contributed by atoms with Crippen LogP contribution in [0.5, 0.6) is 5.75 Å². The van der Waals surface area contributed by atoms with Crippen LogP contribution >= 0.6 is 12.4 Å². The molecule has 0 aromatic heterocycles. The van der Waals surface area contributed by atoms with Crippen molar-refractivity contribution in [3.63, 3.8) is 0 Å². The van der Waals surface area contributed by atoms with Gasteiger partial charge in [-0.1, -0.05) is 12.1 Å². The number of anilines is 1. The first-order valence-electron chi connectivity index (χ1n) is 8.64. The Morgan fingerprint density at radius 2 is 2.04 bits per heavy atom. The van der Waals surface area contributed by atoms with Crippen LogP contribution in [0.15, 0.2) is 48.5 Å². The molecule has 0 spiro atoms. The molecule has 4 nitrogen and oxygen atoms in total. The van der Waals surface area contributed by atoms with E-state index in [4.69, 9.17) is 9.47 Å². The largest absolute Gasteiger partial charge is 0.497 e. The fourth-order valence-electron chi connectivity index (χ4n) is 3.14. The molecule has 0 bridgehead atoms. The second kappa shape index (κ2) is 9.76. The average molecular weight is 381 g/mol. The number of hydrogen-bond acceptors (Lipinski definition) is 4. The molecule has 2 aromatic rings. The first-order chi connectivity index (χ1) is 12.2. The lowest BCUT2D eigenvalue weighted by atomic mass is 10.1. The molecule has 142 valence electrons. The van der Waals surface area contributed by atoms with Gasteiger partial charge in [-0.2, -0.15) is 0 Å². The minimum Gasteiger partial charge on any atom is -0.497 e. The van der Waals surface area contributed by atoms with Crippen LogP contribution in [0, 0.1) is 5.82 Å². The third-order valence-corrected chi connectivity index (χ3v) is 4.64. The molecule has 0 amide bonds. The maximum absolute atomic E-state index is 13.2. The van der Waals surface area contributed by atoms with Gasteiger partial charge in [-0.25, -0.2) is 4.39 Å². The van der Waals surface area contributed by atoms with Crippen LogP contribution in [0.2, 0.25) is 0 Å². The standard InChI is InChI=1S/C20H25FN2O2.ClH/c1-15(16-4-3-5-20(12-16)24-2)22-13-19-14-25-11-10-23(19)18-8-6-17(21)7-9-18;/h3-9,12,15,19,22H,10-11,13-14H2,1-2H3;1H. The van der Waals surface area contributed by atoms with Gasteiger partial charge in [0, 0.05) is 24.8 Å². The van der Waals surface area contributed by atoms with Gasteiger partial charge in [0.1, 0.15) is 11.6 Å². The maximum atomic E-state index is 13.2. The lowest BCUT2D eigenvalue weighted by Gasteiger charge is -2.38. The van der Waals surface area contributed by atoms with Gasteiger partial charge in [0.15, 0.2) is 0 Å². The highest BCUT2D eigenvalue weighted by Gasteiger charge is 2.23. The van der Waals surface area contributed by atoms with E-state index in [0.717, 1.165) is 24.5 Å². The highest BCUT2D eigenvalue weighted by atomic mass is 35.5. The summed E-state index contributed by atoms with van der Waals surface area (Å²) < 4.78 is 24.1. The SMILES string of the molecule is COc1cccc(C(C)NCC2COCCN2c2ccc(F)cc2)c1.Cl. The van der Waals surface area contributed by atoms with Crippen molar-refractivity contribution in [1.82, 2.24) is 5.32 Å². The number of morpholine rings is 1. The second-order valence-electron chi connectivity index (χ2n) is 6.31. The summed E-state index contributed by atoms with van der Waals surface area (Å²) in [5.41, 5.74) is 2.22. The first kappa shape index (κ1) is 20.5. The van der Waals surface area contributed by atoms with Crippen LogP contribution in [-0.4, -0.2) is 39.5 Å². The van der Waals surface area contributed by atoms with E-state index < -0.39 is 0 Å². The highest BCUT2D eigenvalue weighted by Crippen LogP contribution is 2.22. The zero-order valence-corrected chi connectivity index (χ0v) is 16.0. The number of ether oxygens (including phenoxy) is 2. The zero-order valence-electron chi connectivity index (χ0n) is 15.2. The number of benzene rings is 2. The number of nitrogens with zero attached hydrogens (tertiary/aromatic N) is 1. The van der Waals surface area contributed by atoms with Gasteiger partial charge >= 0.3 is 0 Å². The van der Waals surface area contributed by atoms with E-state index in [1.807, 2.05) is 30.3 Å². The molecule has 1 heterocycles. The van der Waals surface area contributed by atoms with Crippen molar-refractivity contribution in [1.29, 1.82) is 0 Å². The van der Waals surface area contributed by atoms with Crippen LogP contribution in [0.4, 0.5) is 10.1 Å². The van der Waals surface area contributed by atoms with Gasteiger partial charge in [-0.3, -0.25) is 0 Å². The Labute approximate surface area is 160 Å². The number of halogens is 2. The van der Waals surface area contributed by atoms with Crippen LogP contribution in [0.1, 0.15) is 18.5 Å². The minimum atomic E-state index is -0.210. The van der Waals surface area contributed by atoms with Gasteiger partial charge < -0.3 is 19.7 Å². The molecule has 2 unspecified atom stereocenters. The predicted octanol–water partition coefficient (Wildman–Crippen LogP) is 3.81. The van der Waals surface area contributed by atoms with E-state index in [-0.39, 0.29) is 30.3 Å². The lowest BCUT2D eigenvalue weighted by Crippen LogP contribution is -2.50. The van der Waals surface area contributed by atoms with Crippen molar-refractivity contribution in [3.05, 3.63) is 59.9 Å². The third-order valence-electron chi connectivity index (χ3n) is 4.64. The number of rotatable bonds is 6. The van der Waals surface area contributed by atoms with E-state index in [9.17, 15) is 4.39 Å². The molecular formula is C20H26ClFN2O2. The van der Waals surface area contributed by atoms with Gasteiger partial charge in [0.25, 0.3) is 0 Å². The summed E-state index contributed by atoms with van der Waals surface area (Å²) in [7, 11) is 1.68. The van der Waals surface area contributed by atoms with Crippen molar-refractivity contribution in [2.45, 2.75) is 19.0 Å². The molecule has 26 heavy (non-hydrogen) atoms. The molecule has 0 radical (unpaired) electrons. The molecule has 2 atom stereocenters. The smallest absolute Gasteiger partial charge is 0.123 e. The van der Waals surface area contributed by atoms with E-state index >= 15 is 0 Å². The Kier molecular flexibility index (Phi) is 7.69. The summed E-state index contributed by atoms with van der Waals surface area (Å²) in [5.74, 6) is 0.651. The summed E-state index contributed by atoms with van der Waals surface area (Å²) in [5, 5.41) is 3.58. The molecular weight excluding hydrogens is 355 g/mol. The van der Waals surface area contributed by atoms with Gasteiger partial charge in [-0.05, 0) is 48.9 Å². The van der Waals surface area contributed by atoms with Crippen molar-refractivity contribution >= 4 is 18.1 Å². The van der Waals surface area contributed by atoms with Crippen LogP contribution < -0.4 is 15.0 Å². The number of hydrogen-bond donors (Lipinski definition) is 1. The first-order valence-corrected chi connectivity index (χ1v) is 8.64. The minimum absolute atomic E-state index is 0. The summed E-state index contributed by atoms with van der Waals surface area (Å²) >= 11 is 0. The molecule has 0 aliphatic carbocycles. The monoisotopic (exact) mass is 380 g/mol. The summed E-state index contributed by atoms with van der Waals surface area (Å²) in [4.78, 5) is 2.29. The van der Waals surface area contributed by atoms with Crippen molar-refractivity contribution in [2.24, 2.45) is 0 Å². The molecule has 1 saturated heterocycles. The molecule has 1 N–H and O–H groups in total. The quantitative estimate of drug-likeness (QED) is 0.826. The predicted molar refractivity (Wildman–Crippen MR) is 105 cm³/mol. The maximum Gasteiger partial charge on any atom is 0.123 e. The second-order valence-corrected chi connectivity index (χ2v) is 6.31. The van der Waals surface area contributed by atoms with Gasteiger partial charge in [0.05, 0.1) is 26.4 Å². The Bertz CT molecular complexity index is 684. The van der Waals surface area contributed by atoms with Crippen LogP contribution in [-0.2, 0) is 4.74 Å². The molecule has 6 heteroatoms. The fourth-order valence-corrected chi connectivity index (χ4v) is 3.14. The molecule has 0 saturated carbocycles. The normalized spacial score (nSPS) is 18.1. The Morgan fingerprint density at radius 3 is 2.77 bits per heavy atom. The molecule has 2 aromatic carbocycles. The van der Waals surface area contributed by atoms with Crippen LogP contribution in [0.25, 0.3) is 0 Å². The summed E-state index contributed by atoms with van der Waals surface area (Å²) in [6.45, 7) is 5.09. The number of nitrogens with one attached hydrogen (secondary N) is 1. The van der Waals surface area contributed by atoms with Crippen molar-refractivity contribution in [3.8, 4) is 5.75 Å². The fraction of sp³-hybridized carbons (Fsp3) is 0.400. The Morgan fingerprint density at radius 1 is 1.27 bits per heavy atom. The average Bonchev–Trinajstić information content (AvgIpc) is 2.67. The van der Waals surface area contributed by atoms with E-state index in [0.29, 0.717) is 13.2 Å². The molecule has 1 aliphatic heterocycles. The zero-order chi connectivity index (χ0) is 17.6. The van der Waals surface area contributed by atoms with Crippen molar-refractivity contribution in [2.75, 3.05) is 38.3 Å². The van der Waals surface area contributed by atoms with E-state index in [1.165, 1.54) is 17.7 Å². The topological polar surface area (TPSA) is 33.7 Å². The van der Waals surface area contributed by atoms with E-state index in [2.05, 4.69) is 23.2 Å². The molecule has 1 fully saturated rings. The van der Waals surface area contributed by atoms with Crippen LogP contribution in [0.3, 0.4) is 0 Å². The summed E-state index contributed by atoms with van der Waals surface area (Å²) in [6.07, 6.45) is 0. The summed E-state index contributed by atoms with van der Waals surface area (Å²) in [6, 6.07) is 15.2.